The van der Waals surface area contributed by atoms with Crippen molar-refractivity contribution in [3.8, 4) is 0 Å². The number of aliphatic hydroxyl groups is 1. The van der Waals surface area contributed by atoms with Crippen molar-refractivity contribution in [2.75, 3.05) is 13.1 Å². The summed E-state index contributed by atoms with van der Waals surface area (Å²) in [6, 6.07) is 6.89. The fourth-order valence-corrected chi connectivity index (χ4v) is 2.29. The first-order chi connectivity index (χ1) is 7.63. The minimum absolute atomic E-state index is 0.0502. The van der Waals surface area contributed by atoms with Crippen LogP contribution in [0.25, 0.3) is 0 Å². The minimum atomic E-state index is -1.37. The van der Waals surface area contributed by atoms with Gasteiger partial charge < -0.3 is 10.4 Å². The SMILES string of the molecule is O=C1CN2C(=O)c3ccccc3C2(O)CN1. The van der Waals surface area contributed by atoms with Crippen molar-refractivity contribution in [2.45, 2.75) is 5.72 Å². The Bertz CT molecular complexity index is 500. The quantitative estimate of drug-likeness (QED) is 0.612. The van der Waals surface area contributed by atoms with Crippen LogP contribution in [0.15, 0.2) is 24.3 Å². The van der Waals surface area contributed by atoms with Gasteiger partial charge in [0.15, 0.2) is 5.72 Å². The van der Waals surface area contributed by atoms with Crippen LogP contribution >= 0.6 is 0 Å². The van der Waals surface area contributed by atoms with E-state index in [0.717, 1.165) is 0 Å². The molecular weight excluding hydrogens is 208 g/mol. The van der Waals surface area contributed by atoms with Gasteiger partial charge in [-0.15, -0.1) is 0 Å². The Hall–Kier alpha value is -1.88. The van der Waals surface area contributed by atoms with Gasteiger partial charge in [-0.1, -0.05) is 18.2 Å². The van der Waals surface area contributed by atoms with Crippen LogP contribution in [0.2, 0.25) is 0 Å². The van der Waals surface area contributed by atoms with Crippen LogP contribution < -0.4 is 5.32 Å². The van der Waals surface area contributed by atoms with Crippen molar-refractivity contribution in [1.82, 2.24) is 10.2 Å². The Balaban J connectivity index is 2.17. The normalized spacial score (nSPS) is 27.4. The second kappa shape index (κ2) is 2.82. The molecule has 1 atom stereocenters. The van der Waals surface area contributed by atoms with Crippen molar-refractivity contribution in [3.05, 3.63) is 35.4 Å². The Labute approximate surface area is 91.7 Å². The average molecular weight is 218 g/mol. The molecule has 5 heteroatoms. The molecule has 1 aromatic rings. The van der Waals surface area contributed by atoms with Crippen LogP contribution in [0.1, 0.15) is 15.9 Å². The van der Waals surface area contributed by atoms with E-state index in [4.69, 9.17) is 0 Å². The molecule has 1 aromatic carbocycles. The predicted molar refractivity (Wildman–Crippen MR) is 54.4 cm³/mol. The fourth-order valence-electron chi connectivity index (χ4n) is 2.29. The summed E-state index contributed by atoms with van der Waals surface area (Å²) in [4.78, 5) is 24.4. The van der Waals surface area contributed by atoms with Gasteiger partial charge in [0.2, 0.25) is 5.91 Å². The first kappa shape index (κ1) is 9.35. The second-order valence-corrected chi connectivity index (χ2v) is 4.03. The highest BCUT2D eigenvalue weighted by Gasteiger charge is 2.51. The van der Waals surface area contributed by atoms with Crippen LogP contribution in [0.4, 0.5) is 0 Å². The molecule has 0 radical (unpaired) electrons. The lowest BCUT2D eigenvalue weighted by Gasteiger charge is -2.37. The van der Waals surface area contributed by atoms with Gasteiger partial charge in [-0.2, -0.15) is 0 Å². The number of fused-ring (bicyclic) bond motifs is 3. The minimum Gasteiger partial charge on any atom is -0.365 e. The molecular formula is C11H10N2O3. The summed E-state index contributed by atoms with van der Waals surface area (Å²) in [5, 5.41) is 13.0. The molecule has 1 fully saturated rings. The molecule has 16 heavy (non-hydrogen) atoms. The Morgan fingerprint density at radius 2 is 2.06 bits per heavy atom. The molecule has 0 aliphatic carbocycles. The summed E-state index contributed by atoms with van der Waals surface area (Å²) in [6.45, 7) is -0.0431. The Morgan fingerprint density at radius 3 is 2.88 bits per heavy atom. The number of amides is 2. The van der Waals surface area contributed by atoms with Gasteiger partial charge in [0.25, 0.3) is 5.91 Å². The summed E-state index contributed by atoms with van der Waals surface area (Å²) in [6.07, 6.45) is 0. The molecule has 82 valence electrons. The summed E-state index contributed by atoms with van der Waals surface area (Å²) in [5.74, 6) is -0.529. The van der Waals surface area contributed by atoms with E-state index in [2.05, 4.69) is 5.32 Å². The maximum absolute atomic E-state index is 12.0. The number of carbonyl (C=O) groups excluding carboxylic acids is 2. The molecule has 0 aromatic heterocycles. The average Bonchev–Trinajstić information content (AvgIpc) is 2.52. The molecule has 2 heterocycles. The molecule has 2 amide bonds. The highest BCUT2D eigenvalue weighted by molar-refractivity contribution is 6.02. The number of hydrogen-bond donors (Lipinski definition) is 2. The number of benzene rings is 1. The Kier molecular flexibility index (Phi) is 1.65. The molecule has 2 aliphatic heterocycles. The molecule has 5 nitrogen and oxygen atoms in total. The summed E-state index contributed by atoms with van der Waals surface area (Å²) in [7, 11) is 0. The standard InChI is InChI=1S/C11H10N2O3/c14-9-5-13-10(15)7-3-1-2-4-8(7)11(13,16)6-12-9/h1-4,16H,5-6H2,(H,12,14). The fraction of sp³-hybridized carbons (Fsp3) is 0.273. The van der Waals surface area contributed by atoms with E-state index in [1.54, 1.807) is 24.3 Å². The monoisotopic (exact) mass is 218 g/mol. The second-order valence-electron chi connectivity index (χ2n) is 4.03. The highest BCUT2D eigenvalue weighted by atomic mass is 16.3. The van der Waals surface area contributed by atoms with Crippen LogP contribution in [-0.2, 0) is 10.5 Å². The third kappa shape index (κ3) is 0.979. The lowest BCUT2D eigenvalue weighted by Crippen LogP contribution is -2.59. The summed E-state index contributed by atoms with van der Waals surface area (Å²) < 4.78 is 0. The van der Waals surface area contributed by atoms with Crippen molar-refractivity contribution in [1.29, 1.82) is 0 Å². The first-order valence-corrected chi connectivity index (χ1v) is 5.03. The van der Waals surface area contributed by atoms with Crippen LogP contribution in [0.3, 0.4) is 0 Å². The number of β-amino-alcohol motifs (C(OH)–C–C–N with tert-alkyl or cyclic N) is 1. The number of piperazine rings is 1. The molecule has 1 unspecified atom stereocenters. The molecule has 1 saturated heterocycles. The maximum Gasteiger partial charge on any atom is 0.257 e. The lowest BCUT2D eigenvalue weighted by atomic mass is 10.0. The smallest absolute Gasteiger partial charge is 0.257 e. The number of rotatable bonds is 0. The van der Waals surface area contributed by atoms with E-state index in [1.165, 1.54) is 4.90 Å². The van der Waals surface area contributed by atoms with Crippen molar-refractivity contribution in [2.24, 2.45) is 0 Å². The zero-order valence-corrected chi connectivity index (χ0v) is 8.43. The van der Waals surface area contributed by atoms with E-state index in [0.29, 0.717) is 11.1 Å². The number of nitrogens with zero attached hydrogens (tertiary/aromatic N) is 1. The molecule has 2 aliphatic rings. The first-order valence-electron chi connectivity index (χ1n) is 5.03. The van der Waals surface area contributed by atoms with E-state index in [9.17, 15) is 14.7 Å². The molecule has 0 saturated carbocycles. The molecule has 2 N–H and O–H groups in total. The Morgan fingerprint density at radius 1 is 1.31 bits per heavy atom. The zero-order chi connectivity index (χ0) is 11.3. The highest BCUT2D eigenvalue weighted by Crippen LogP contribution is 2.37. The van der Waals surface area contributed by atoms with E-state index in [-0.39, 0.29) is 24.9 Å². The van der Waals surface area contributed by atoms with E-state index >= 15 is 0 Å². The van der Waals surface area contributed by atoms with Gasteiger partial charge in [-0.25, -0.2) is 0 Å². The van der Waals surface area contributed by atoms with Gasteiger partial charge in [0.05, 0.1) is 6.54 Å². The molecule has 0 bridgehead atoms. The number of nitrogens with one attached hydrogen (secondary N) is 1. The van der Waals surface area contributed by atoms with Gasteiger partial charge in [-0.3, -0.25) is 14.5 Å². The van der Waals surface area contributed by atoms with Gasteiger partial charge in [0.1, 0.15) is 6.54 Å². The third-order valence-electron chi connectivity index (χ3n) is 3.11. The number of carbonyl (C=O) groups is 2. The van der Waals surface area contributed by atoms with E-state index in [1.807, 2.05) is 0 Å². The molecule has 0 spiro atoms. The summed E-state index contributed by atoms with van der Waals surface area (Å²) in [5.41, 5.74) is -0.330. The largest absolute Gasteiger partial charge is 0.365 e. The third-order valence-corrected chi connectivity index (χ3v) is 3.11. The summed E-state index contributed by atoms with van der Waals surface area (Å²) >= 11 is 0. The van der Waals surface area contributed by atoms with Crippen LogP contribution in [-0.4, -0.2) is 34.9 Å². The van der Waals surface area contributed by atoms with Crippen LogP contribution in [0.5, 0.6) is 0 Å². The maximum atomic E-state index is 12.0. The molecule has 3 rings (SSSR count). The van der Waals surface area contributed by atoms with Crippen molar-refractivity contribution >= 4 is 11.8 Å². The van der Waals surface area contributed by atoms with Gasteiger partial charge in [-0.05, 0) is 6.07 Å². The van der Waals surface area contributed by atoms with Crippen molar-refractivity contribution < 1.29 is 14.7 Å². The lowest BCUT2D eigenvalue weighted by molar-refractivity contribution is -0.143. The zero-order valence-electron chi connectivity index (χ0n) is 8.43. The number of hydrogen-bond acceptors (Lipinski definition) is 3. The van der Waals surface area contributed by atoms with Gasteiger partial charge >= 0.3 is 0 Å². The topological polar surface area (TPSA) is 69.6 Å². The van der Waals surface area contributed by atoms with Crippen molar-refractivity contribution in [3.63, 3.8) is 0 Å². The van der Waals surface area contributed by atoms with Crippen LogP contribution in [0, 0.1) is 0 Å². The van der Waals surface area contributed by atoms with Gasteiger partial charge in [0, 0.05) is 11.1 Å². The predicted octanol–water partition coefficient (Wildman–Crippen LogP) is -0.583. The van der Waals surface area contributed by atoms with E-state index < -0.39 is 5.72 Å².